The predicted molar refractivity (Wildman–Crippen MR) is 73.4 cm³/mol. The van der Waals surface area contributed by atoms with E-state index in [1.54, 1.807) is 0 Å². The SMILES string of the molecule is C#CCn1c(CCCO)nc2cc(C)c(C)cc21. The highest BCUT2D eigenvalue weighted by molar-refractivity contribution is 5.78. The monoisotopic (exact) mass is 242 g/mol. The molecular weight excluding hydrogens is 224 g/mol. The van der Waals surface area contributed by atoms with Gasteiger partial charge in [-0.3, -0.25) is 0 Å². The van der Waals surface area contributed by atoms with Crippen LogP contribution in [0.4, 0.5) is 0 Å². The van der Waals surface area contributed by atoms with Crippen LogP contribution in [0.5, 0.6) is 0 Å². The molecule has 1 heterocycles. The van der Waals surface area contributed by atoms with Crippen molar-refractivity contribution in [2.24, 2.45) is 0 Å². The van der Waals surface area contributed by atoms with E-state index in [9.17, 15) is 0 Å². The second-order valence-corrected chi connectivity index (χ2v) is 4.57. The van der Waals surface area contributed by atoms with Crippen molar-refractivity contribution >= 4 is 11.0 Å². The summed E-state index contributed by atoms with van der Waals surface area (Å²) in [6.07, 6.45) is 6.90. The first kappa shape index (κ1) is 12.7. The number of imidazole rings is 1. The van der Waals surface area contributed by atoms with Crippen molar-refractivity contribution in [1.29, 1.82) is 0 Å². The fraction of sp³-hybridized carbons (Fsp3) is 0.400. The van der Waals surface area contributed by atoms with Crippen LogP contribution in [0.15, 0.2) is 12.1 Å². The third kappa shape index (κ3) is 2.25. The summed E-state index contributed by atoms with van der Waals surface area (Å²) in [4.78, 5) is 4.63. The van der Waals surface area contributed by atoms with E-state index in [-0.39, 0.29) is 6.61 Å². The molecule has 0 radical (unpaired) electrons. The average Bonchev–Trinajstić information content (AvgIpc) is 2.66. The smallest absolute Gasteiger partial charge is 0.110 e. The van der Waals surface area contributed by atoms with Gasteiger partial charge in [-0.05, 0) is 43.5 Å². The summed E-state index contributed by atoms with van der Waals surface area (Å²) < 4.78 is 2.07. The Hall–Kier alpha value is -1.79. The minimum Gasteiger partial charge on any atom is -0.396 e. The predicted octanol–water partition coefficient (Wildman–Crippen LogP) is 2.21. The zero-order valence-electron chi connectivity index (χ0n) is 10.9. The molecule has 2 rings (SSSR count). The van der Waals surface area contributed by atoms with Crippen LogP contribution in [0.1, 0.15) is 23.4 Å². The molecule has 0 fully saturated rings. The summed E-state index contributed by atoms with van der Waals surface area (Å²) >= 11 is 0. The number of fused-ring (bicyclic) bond motifs is 1. The maximum Gasteiger partial charge on any atom is 0.110 e. The molecule has 2 aromatic rings. The molecule has 0 bridgehead atoms. The van der Waals surface area contributed by atoms with Gasteiger partial charge < -0.3 is 9.67 Å². The summed E-state index contributed by atoms with van der Waals surface area (Å²) in [6, 6.07) is 4.23. The number of nitrogens with zero attached hydrogens (tertiary/aromatic N) is 2. The van der Waals surface area contributed by atoms with E-state index >= 15 is 0 Å². The second kappa shape index (κ2) is 5.24. The highest BCUT2D eigenvalue weighted by Crippen LogP contribution is 2.21. The zero-order valence-corrected chi connectivity index (χ0v) is 10.9. The lowest BCUT2D eigenvalue weighted by Gasteiger charge is -2.05. The Bertz CT molecular complexity index is 605. The minimum absolute atomic E-state index is 0.178. The highest BCUT2D eigenvalue weighted by Gasteiger charge is 2.10. The first-order valence-corrected chi connectivity index (χ1v) is 6.18. The maximum atomic E-state index is 8.93. The van der Waals surface area contributed by atoms with Crippen molar-refractivity contribution in [2.75, 3.05) is 6.61 Å². The fourth-order valence-electron chi connectivity index (χ4n) is 2.13. The molecule has 18 heavy (non-hydrogen) atoms. The van der Waals surface area contributed by atoms with Gasteiger partial charge in [-0.1, -0.05) is 5.92 Å². The van der Waals surface area contributed by atoms with Gasteiger partial charge in [-0.25, -0.2) is 4.98 Å². The van der Waals surface area contributed by atoms with Gasteiger partial charge in [0.1, 0.15) is 5.82 Å². The zero-order chi connectivity index (χ0) is 13.1. The normalized spacial score (nSPS) is 10.8. The van der Waals surface area contributed by atoms with Crippen LogP contribution in [0, 0.1) is 26.2 Å². The highest BCUT2D eigenvalue weighted by atomic mass is 16.2. The molecule has 1 N–H and O–H groups in total. The Balaban J connectivity index is 2.56. The summed E-state index contributed by atoms with van der Waals surface area (Å²) in [5, 5.41) is 8.93. The molecular formula is C15H18N2O. The molecule has 1 aromatic carbocycles. The van der Waals surface area contributed by atoms with E-state index in [1.165, 1.54) is 11.1 Å². The van der Waals surface area contributed by atoms with Gasteiger partial charge in [0.15, 0.2) is 0 Å². The first-order chi connectivity index (χ1) is 8.67. The molecule has 1 aromatic heterocycles. The van der Waals surface area contributed by atoms with Gasteiger partial charge in [0.2, 0.25) is 0 Å². The molecule has 0 aliphatic carbocycles. The molecule has 0 amide bonds. The Morgan fingerprint density at radius 2 is 2.06 bits per heavy atom. The number of benzene rings is 1. The first-order valence-electron chi connectivity index (χ1n) is 6.18. The van der Waals surface area contributed by atoms with Gasteiger partial charge in [0.05, 0.1) is 17.6 Å². The van der Waals surface area contributed by atoms with Gasteiger partial charge >= 0.3 is 0 Å². The third-order valence-corrected chi connectivity index (χ3v) is 3.25. The van der Waals surface area contributed by atoms with Crippen molar-refractivity contribution in [1.82, 2.24) is 9.55 Å². The lowest BCUT2D eigenvalue weighted by molar-refractivity contribution is 0.287. The third-order valence-electron chi connectivity index (χ3n) is 3.25. The molecule has 0 spiro atoms. The van der Waals surface area contributed by atoms with Crippen LogP contribution in [0.2, 0.25) is 0 Å². The van der Waals surface area contributed by atoms with Gasteiger partial charge in [-0.2, -0.15) is 0 Å². The van der Waals surface area contributed by atoms with Crippen LogP contribution < -0.4 is 0 Å². The molecule has 0 aliphatic rings. The lowest BCUT2D eigenvalue weighted by Crippen LogP contribution is -2.03. The molecule has 0 aliphatic heterocycles. The van der Waals surface area contributed by atoms with Crippen LogP contribution in [0.3, 0.4) is 0 Å². The van der Waals surface area contributed by atoms with Crippen LogP contribution in [0.25, 0.3) is 11.0 Å². The van der Waals surface area contributed by atoms with Crippen LogP contribution >= 0.6 is 0 Å². The van der Waals surface area contributed by atoms with Crippen molar-refractivity contribution in [3.8, 4) is 12.3 Å². The standard InChI is InChI=1S/C15H18N2O/c1-4-7-17-14-10-12(3)11(2)9-13(14)16-15(17)6-5-8-18/h1,9-10,18H,5-8H2,2-3H3. The quantitative estimate of drug-likeness (QED) is 0.835. The average molecular weight is 242 g/mol. The van der Waals surface area contributed by atoms with Gasteiger partial charge in [-0.15, -0.1) is 6.42 Å². The number of aliphatic hydroxyl groups is 1. The Kier molecular flexibility index (Phi) is 3.69. The van der Waals surface area contributed by atoms with Gasteiger partial charge in [0, 0.05) is 13.0 Å². The van der Waals surface area contributed by atoms with Crippen molar-refractivity contribution in [3.63, 3.8) is 0 Å². The second-order valence-electron chi connectivity index (χ2n) is 4.57. The molecule has 3 heteroatoms. The summed E-state index contributed by atoms with van der Waals surface area (Å²) in [5.74, 6) is 3.63. The molecule has 3 nitrogen and oxygen atoms in total. The number of hydrogen-bond donors (Lipinski definition) is 1. The summed E-state index contributed by atoms with van der Waals surface area (Å²) in [6.45, 7) is 4.88. The van der Waals surface area contributed by atoms with E-state index < -0.39 is 0 Å². The van der Waals surface area contributed by atoms with Crippen molar-refractivity contribution in [2.45, 2.75) is 33.2 Å². The van der Waals surface area contributed by atoms with Crippen LogP contribution in [-0.2, 0) is 13.0 Å². The molecule has 0 saturated carbocycles. The number of aryl methyl sites for hydroxylation is 3. The van der Waals surface area contributed by atoms with E-state index in [4.69, 9.17) is 11.5 Å². The summed E-state index contributed by atoms with van der Waals surface area (Å²) in [5.41, 5.74) is 4.56. The summed E-state index contributed by atoms with van der Waals surface area (Å²) in [7, 11) is 0. The molecule has 0 atom stereocenters. The topological polar surface area (TPSA) is 38.0 Å². The molecule has 0 unspecified atom stereocenters. The number of rotatable bonds is 4. The number of terminal acetylenes is 1. The van der Waals surface area contributed by atoms with E-state index in [1.807, 2.05) is 0 Å². The largest absolute Gasteiger partial charge is 0.396 e. The number of aliphatic hydroxyl groups excluding tert-OH is 1. The minimum atomic E-state index is 0.178. The maximum absolute atomic E-state index is 8.93. The van der Waals surface area contributed by atoms with Crippen LogP contribution in [-0.4, -0.2) is 21.3 Å². The Morgan fingerprint density at radius 1 is 1.33 bits per heavy atom. The van der Waals surface area contributed by atoms with E-state index in [2.05, 4.69) is 41.5 Å². The van der Waals surface area contributed by atoms with E-state index in [0.29, 0.717) is 13.0 Å². The lowest BCUT2D eigenvalue weighted by atomic mass is 10.1. The number of hydrogen-bond acceptors (Lipinski definition) is 2. The van der Waals surface area contributed by atoms with E-state index in [0.717, 1.165) is 23.3 Å². The van der Waals surface area contributed by atoms with Crippen molar-refractivity contribution < 1.29 is 5.11 Å². The van der Waals surface area contributed by atoms with Crippen molar-refractivity contribution in [3.05, 3.63) is 29.1 Å². The molecule has 0 saturated heterocycles. The fourth-order valence-corrected chi connectivity index (χ4v) is 2.13. The van der Waals surface area contributed by atoms with Gasteiger partial charge in [0.25, 0.3) is 0 Å². The molecule has 94 valence electrons. The number of aromatic nitrogens is 2. The Morgan fingerprint density at radius 3 is 2.72 bits per heavy atom. The Labute approximate surface area is 107 Å².